The van der Waals surface area contributed by atoms with Crippen molar-refractivity contribution in [2.24, 2.45) is 4.99 Å². The van der Waals surface area contributed by atoms with E-state index >= 15 is 0 Å². The summed E-state index contributed by atoms with van der Waals surface area (Å²) < 4.78 is 23.0. The molecule has 0 bridgehead atoms. The largest absolute Gasteiger partial charge is 0.488 e. The Kier molecular flexibility index (Phi) is 7.18. The third kappa shape index (κ3) is 5.06. The number of nitrogens with zero attached hydrogens (tertiary/aromatic N) is 2. The van der Waals surface area contributed by atoms with E-state index in [1.165, 1.54) is 29.0 Å². The second-order valence-electron chi connectivity index (χ2n) is 10.3. The maximum Gasteiger partial charge on any atom is 0.271 e. The van der Waals surface area contributed by atoms with Gasteiger partial charge in [-0.2, -0.15) is 0 Å². The average Bonchev–Trinajstić information content (AvgIpc) is 3.31. The molecule has 1 aliphatic carbocycles. The second kappa shape index (κ2) is 11.1. The molecule has 208 valence electrons. The van der Waals surface area contributed by atoms with Gasteiger partial charge in [0, 0.05) is 10.6 Å². The molecule has 8 heteroatoms. The van der Waals surface area contributed by atoms with Crippen molar-refractivity contribution in [3.05, 3.63) is 159 Å². The molecule has 5 aromatic rings. The molecule has 0 unspecified atom stereocenters. The van der Waals surface area contributed by atoms with E-state index in [1.54, 1.807) is 16.7 Å². The molecular weight excluding hydrogens is 635 g/mol. The van der Waals surface area contributed by atoms with Gasteiger partial charge in [-0.25, -0.2) is 9.38 Å². The summed E-state index contributed by atoms with van der Waals surface area (Å²) in [7, 11) is 0. The highest BCUT2D eigenvalue weighted by Gasteiger charge is 2.32. The summed E-state index contributed by atoms with van der Waals surface area (Å²) in [5, 5.41) is 0.684. The van der Waals surface area contributed by atoms with Gasteiger partial charge in [0.05, 0.1) is 20.7 Å². The van der Waals surface area contributed by atoms with Gasteiger partial charge in [0.25, 0.3) is 5.56 Å². The zero-order valence-electron chi connectivity index (χ0n) is 22.2. The summed E-state index contributed by atoms with van der Waals surface area (Å²) >= 11 is 11.0. The predicted molar refractivity (Wildman–Crippen MR) is 169 cm³/mol. The van der Waals surface area contributed by atoms with Gasteiger partial charge in [0.2, 0.25) is 0 Å². The number of aromatic nitrogens is 1. The van der Waals surface area contributed by atoms with Crippen LogP contribution in [0.5, 0.6) is 5.75 Å². The van der Waals surface area contributed by atoms with E-state index in [2.05, 4.69) is 28.1 Å². The Morgan fingerprint density at radius 3 is 2.60 bits per heavy atom. The van der Waals surface area contributed by atoms with Crippen molar-refractivity contribution >= 4 is 50.6 Å². The highest BCUT2D eigenvalue weighted by Crippen LogP contribution is 2.41. The molecule has 42 heavy (non-hydrogen) atoms. The standard InChI is InChI=1S/C34H23BrClFN2O2S/c35-28-17-21(7-16-29(28)41-19-20-5-11-24(36)12-6-20)18-30-33(40)39-32(23-8-13-25(37)14-9-23)27-15-10-22-3-1-2-4-26(22)31(27)38-34(39)42-30/h1-9,11-14,16-18,32H,10,15,19H2/b30-18+/t32-/m1/s1. The molecule has 0 fully saturated rings. The Hall–Kier alpha value is -3.78. The van der Waals surface area contributed by atoms with Crippen LogP contribution in [0.15, 0.2) is 111 Å². The first-order valence-corrected chi connectivity index (χ1v) is 15.5. The van der Waals surface area contributed by atoms with Crippen molar-refractivity contribution < 1.29 is 9.13 Å². The summed E-state index contributed by atoms with van der Waals surface area (Å²) in [4.78, 5) is 19.6. The molecule has 1 atom stereocenters. The van der Waals surface area contributed by atoms with Crippen LogP contribution in [0.1, 0.15) is 40.3 Å². The molecule has 0 spiro atoms. The number of allylic oxidation sites excluding steroid dienone is 1. The molecule has 0 amide bonds. The molecular formula is C34H23BrClFN2O2S. The van der Waals surface area contributed by atoms with E-state index in [4.69, 9.17) is 21.3 Å². The van der Waals surface area contributed by atoms with Crippen LogP contribution in [0.3, 0.4) is 0 Å². The Bertz CT molecular complexity index is 2050. The molecule has 0 saturated carbocycles. The fourth-order valence-corrected chi connectivity index (χ4v) is 7.22. The summed E-state index contributed by atoms with van der Waals surface area (Å²) in [5.74, 6) is 0.395. The Labute approximate surface area is 258 Å². The lowest BCUT2D eigenvalue weighted by atomic mass is 9.83. The molecule has 0 saturated heterocycles. The highest BCUT2D eigenvalue weighted by molar-refractivity contribution is 9.10. The zero-order chi connectivity index (χ0) is 28.8. The van der Waals surface area contributed by atoms with Crippen molar-refractivity contribution in [3.63, 3.8) is 0 Å². The molecule has 0 N–H and O–H groups in total. The van der Waals surface area contributed by atoms with Crippen LogP contribution in [0, 0.1) is 5.82 Å². The van der Waals surface area contributed by atoms with Crippen LogP contribution in [-0.4, -0.2) is 4.57 Å². The molecule has 7 rings (SSSR count). The minimum absolute atomic E-state index is 0.113. The Morgan fingerprint density at radius 2 is 1.81 bits per heavy atom. The first-order valence-electron chi connectivity index (χ1n) is 13.5. The Morgan fingerprint density at radius 1 is 1.02 bits per heavy atom. The van der Waals surface area contributed by atoms with E-state index in [9.17, 15) is 9.18 Å². The third-order valence-corrected chi connectivity index (χ3v) is 9.47. The second-order valence-corrected chi connectivity index (χ2v) is 12.6. The van der Waals surface area contributed by atoms with Crippen LogP contribution in [-0.2, 0) is 13.0 Å². The van der Waals surface area contributed by atoms with Gasteiger partial charge in [0.1, 0.15) is 18.2 Å². The minimum atomic E-state index is -0.345. The molecule has 1 aromatic heterocycles. The topological polar surface area (TPSA) is 43.6 Å². The van der Waals surface area contributed by atoms with Crippen LogP contribution in [0.2, 0.25) is 5.02 Å². The number of halogens is 3. The maximum absolute atomic E-state index is 14.0. The van der Waals surface area contributed by atoms with Crippen molar-refractivity contribution in [2.45, 2.75) is 25.5 Å². The van der Waals surface area contributed by atoms with Gasteiger partial charge in [-0.05, 0) is 99.1 Å². The number of hydrogen-bond donors (Lipinski definition) is 0. The number of rotatable bonds is 5. The predicted octanol–water partition coefficient (Wildman–Crippen LogP) is 7.45. The molecule has 0 radical (unpaired) electrons. The van der Waals surface area contributed by atoms with Crippen molar-refractivity contribution in [1.82, 2.24) is 4.57 Å². The normalized spacial score (nSPS) is 16.0. The molecule has 2 aliphatic rings. The van der Waals surface area contributed by atoms with E-state index in [0.29, 0.717) is 26.7 Å². The van der Waals surface area contributed by atoms with Gasteiger partial charge in [-0.15, -0.1) is 0 Å². The van der Waals surface area contributed by atoms with Gasteiger partial charge >= 0.3 is 0 Å². The fraction of sp³-hybridized carbons (Fsp3) is 0.118. The number of hydrogen-bond acceptors (Lipinski definition) is 4. The monoisotopic (exact) mass is 656 g/mol. The van der Waals surface area contributed by atoms with Crippen LogP contribution >= 0.6 is 38.9 Å². The van der Waals surface area contributed by atoms with E-state index in [-0.39, 0.29) is 17.4 Å². The first kappa shape index (κ1) is 27.1. The van der Waals surface area contributed by atoms with Gasteiger partial charge in [-0.1, -0.05) is 77.5 Å². The third-order valence-electron chi connectivity index (χ3n) is 7.62. The van der Waals surface area contributed by atoms with E-state index in [0.717, 1.165) is 50.8 Å². The highest BCUT2D eigenvalue weighted by atomic mass is 79.9. The molecule has 4 aromatic carbocycles. The molecule has 1 aliphatic heterocycles. The quantitative estimate of drug-likeness (QED) is 0.197. The van der Waals surface area contributed by atoms with Gasteiger partial charge in [0.15, 0.2) is 4.80 Å². The summed E-state index contributed by atoms with van der Waals surface area (Å²) in [6.07, 6.45) is 3.54. The zero-order valence-corrected chi connectivity index (χ0v) is 25.3. The van der Waals surface area contributed by atoms with Crippen molar-refractivity contribution in [1.29, 1.82) is 0 Å². The summed E-state index contributed by atoms with van der Waals surface area (Å²) in [6.45, 7) is 0.408. The number of thiazole rings is 1. The molecule has 4 nitrogen and oxygen atoms in total. The lowest BCUT2D eigenvalue weighted by Crippen LogP contribution is -2.38. The number of benzene rings is 4. The smallest absolute Gasteiger partial charge is 0.271 e. The van der Waals surface area contributed by atoms with Crippen LogP contribution < -0.4 is 19.6 Å². The first-order chi connectivity index (χ1) is 20.4. The number of aryl methyl sites for hydroxylation is 1. The lowest BCUT2D eigenvalue weighted by Gasteiger charge is -2.30. The maximum atomic E-state index is 14.0. The number of ether oxygens (including phenoxy) is 1. The van der Waals surface area contributed by atoms with Crippen molar-refractivity contribution in [2.75, 3.05) is 0 Å². The lowest BCUT2D eigenvalue weighted by molar-refractivity contribution is 0.304. The SMILES string of the molecule is O=c1/c(=C\c2ccc(OCc3ccc(Cl)cc3)c(Br)c2)sc2n1[C@H](c1ccc(F)cc1)C1=C(N=2)c2ccccc2CC1. The summed E-state index contributed by atoms with van der Waals surface area (Å²) in [5.41, 5.74) is 6.99. The minimum Gasteiger partial charge on any atom is -0.488 e. The van der Waals surface area contributed by atoms with Gasteiger partial charge < -0.3 is 4.74 Å². The fourth-order valence-electron chi connectivity index (χ4n) is 5.58. The average molecular weight is 658 g/mol. The molecule has 2 heterocycles. The van der Waals surface area contributed by atoms with Crippen molar-refractivity contribution in [3.8, 4) is 5.75 Å². The van der Waals surface area contributed by atoms with Gasteiger partial charge in [-0.3, -0.25) is 9.36 Å². The number of fused-ring (bicyclic) bond motifs is 3. The van der Waals surface area contributed by atoms with E-state index < -0.39 is 0 Å². The summed E-state index contributed by atoms with van der Waals surface area (Å²) in [6, 6.07) is 27.7. The Balaban J connectivity index is 1.28. The van der Waals surface area contributed by atoms with E-state index in [1.807, 2.05) is 60.7 Å². The van der Waals surface area contributed by atoms with Crippen LogP contribution in [0.4, 0.5) is 4.39 Å². The van der Waals surface area contributed by atoms with Crippen LogP contribution in [0.25, 0.3) is 11.8 Å².